The fourth-order valence-corrected chi connectivity index (χ4v) is 4.49. The first-order valence-corrected chi connectivity index (χ1v) is 10.5. The minimum absolute atomic E-state index is 0.0670. The molecule has 1 aliphatic heterocycles. The number of rotatable bonds is 4. The van der Waals surface area contributed by atoms with E-state index in [9.17, 15) is 4.79 Å². The first kappa shape index (κ1) is 18.6. The van der Waals surface area contributed by atoms with Crippen molar-refractivity contribution >= 4 is 22.6 Å². The number of carbonyl (C=O) groups excluding carboxylic acids is 1. The van der Waals surface area contributed by atoms with Crippen molar-refractivity contribution in [2.45, 2.75) is 32.2 Å². The van der Waals surface area contributed by atoms with Crippen molar-refractivity contribution < 1.29 is 4.79 Å². The summed E-state index contributed by atoms with van der Waals surface area (Å²) in [5, 5.41) is 0. The Morgan fingerprint density at radius 1 is 0.933 bits per heavy atom. The minimum atomic E-state index is 0.0670. The number of anilines is 1. The van der Waals surface area contributed by atoms with Crippen molar-refractivity contribution in [3.05, 3.63) is 95.8 Å². The molecule has 5 rings (SSSR count). The van der Waals surface area contributed by atoms with Crippen LogP contribution in [0.4, 0.5) is 5.69 Å². The third-order valence-electron chi connectivity index (χ3n) is 6.13. The van der Waals surface area contributed by atoms with Crippen molar-refractivity contribution in [1.82, 2.24) is 9.55 Å². The van der Waals surface area contributed by atoms with Gasteiger partial charge in [-0.05, 0) is 43.7 Å². The van der Waals surface area contributed by atoms with E-state index in [1.165, 1.54) is 11.1 Å². The largest absolute Gasteiger partial charge is 0.320 e. The van der Waals surface area contributed by atoms with E-state index >= 15 is 0 Å². The summed E-state index contributed by atoms with van der Waals surface area (Å²) >= 11 is 0. The van der Waals surface area contributed by atoms with Crippen LogP contribution in [0.5, 0.6) is 0 Å². The molecule has 0 N–H and O–H groups in total. The van der Waals surface area contributed by atoms with Crippen LogP contribution in [-0.2, 0) is 4.79 Å². The number of para-hydroxylation sites is 2. The maximum atomic E-state index is 12.9. The second-order valence-corrected chi connectivity index (χ2v) is 8.16. The van der Waals surface area contributed by atoms with E-state index in [2.05, 4.69) is 73.0 Å². The predicted molar refractivity (Wildman–Crippen MR) is 121 cm³/mol. The number of hydrogen-bond acceptors (Lipinski definition) is 2. The zero-order chi connectivity index (χ0) is 20.7. The molecule has 1 amide bonds. The van der Waals surface area contributed by atoms with Gasteiger partial charge in [0, 0.05) is 24.6 Å². The first-order chi connectivity index (χ1) is 14.6. The quantitative estimate of drug-likeness (QED) is 0.459. The second kappa shape index (κ2) is 7.45. The van der Waals surface area contributed by atoms with Crippen LogP contribution in [-0.4, -0.2) is 22.0 Å². The zero-order valence-electron chi connectivity index (χ0n) is 17.3. The zero-order valence-corrected chi connectivity index (χ0v) is 17.3. The lowest BCUT2D eigenvalue weighted by Crippen LogP contribution is -2.24. The van der Waals surface area contributed by atoms with E-state index in [0.717, 1.165) is 22.5 Å². The highest BCUT2D eigenvalue weighted by atomic mass is 16.2. The van der Waals surface area contributed by atoms with E-state index in [1.807, 2.05) is 29.2 Å². The van der Waals surface area contributed by atoms with Gasteiger partial charge in [0.25, 0.3) is 0 Å². The molecule has 150 valence electrons. The summed E-state index contributed by atoms with van der Waals surface area (Å²) in [6.45, 7) is 4.93. The van der Waals surface area contributed by atoms with Crippen LogP contribution in [0.3, 0.4) is 0 Å². The first-order valence-electron chi connectivity index (χ1n) is 10.5. The molecule has 3 aromatic carbocycles. The number of imidazole rings is 1. The molecular formula is C26H25N3O. The number of amides is 1. The molecule has 4 aromatic rings. The van der Waals surface area contributed by atoms with Crippen molar-refractivity contribution in [2.75, 3.05) is 11.4 Å². The molecule has 1 fully saturated rings. The molecule has 30 heavy (non-hydrogen) atoms. The summed E-state index contributed by atoms with van der Waals surface area (Å²) in [5.41, 5.74) is 5.50. The number of fused-ring (bicyclic) bond motifs is 1. The van der Waals surface area contributed by atoms with Crippen LogP contribution in [0, 0.1) is 6.92 Å². The van der Waals surface area contributed by atoms with E-state index in [0.29, 0.717) is 13.0 Å². The number of benzene rings is 3. The van der Waals surface area contributed by atoms with Crippen molar-refractivity contribution in [3.8, 4) is 0 Å². The van der Waals surface area contributed by atoms with Crippen LogP contribution in [0.1, 0.15) is 42.3 Å². The van der Waals surface area contributed by atoms with E-state index in [1.54, 1.807) is 0 Å². The van der Waals surface area contributed by atoms with E-state index in [4.69, 9.17) is 4.98 Å². The molecule has 0 unspecified atom stereocenters. The fourth-order valence-electron chi connectivity index (χ4n) is 4.49. The Morgan fingerprint density at radius 3 is 2.40 bits per heavy atom. The van der Waals surface area contributed by atoms with Gasteiger partial charge >= 0.3 is 0 Å². The summed E-state index contributed by atoms with van der Waals surface area (Å²) in [5.74, 6) is 1.22. The van der Waals surface area contributed by atoms with Gasteiger partial charge in [0.1, 0.15) is 5.82 Å². The molecule has 0 spiro atoms. The molecule has 4 heteroatoms. The van der Waals surface area contributed by atoms with Crippen LogP contribution < -0.4 is 4.90 Å². The number of carbonyl (C=O) groups is 1. The highest BCUT2D eigenvalue weighted by Crippen LogP contribution is 2.36. The Hall–Kier alpha value is -3.40. The molecule has 4 nitrogen and oxygen atoms in total. The number of aromatic nitrogens is 2. The molecule has 1 aliphatic rings. The Bertz CT molecular complexity index is 1190. The van der Waals surface area contributed by atoms with Gasteiger partial charge in [0.15, 0.2) is 0 Å². The van der Waals surface area contributed by atoms with Crippen molar-refractivity contribution in [2.24, 2.45) is 0 Å². The summed E-state index contributed by atoms with van der Waals surface area (Å²) in [6, 6.07) is 27.1. The standard InChI is InChI=1S/C26H25N3O/c1-18-12-14-22(15-13-18)28-17-21(16-25(28)30)26-27-23-10-6-7-11-24(23)29(26)19(2)20-8-4-3-5-9-20/h3-15,19,21H,16-17H2,1-2H3/t19-,21-/m1/s1. The van der Waals surface area contributed by atoms with Gasteiger partial charge in [-0.15, -0.1) is 0 Å². The Morgan fingerprint density at radius 2 is 1.63 bits per heavy atom. The Labute approximate surface area is 176 Å². The monoisotopic (exact) mass is 395 g/mol. The number of hydrogen-bond donors (Lipinski definition) is 0. The summed E-state index contributed by atoms with van der Waals surface area (Å²) in [4.78, 5) is 19.8. The predicted octanol–water partition coefficient (Wildman–Crippen LogP) is 5.47. The lowest BCUT2D eigenvalue weighted by Gasteiger charge is -2.21. The molecular weight excluding hydrogens is 370 g/mol. The van der Waals surface area contributed by atoms with Gasteiger partial charge in [-0.1, -0.05) is 60.2 Å². The SMILES string of the molecule is Cc1ccc(N2C[C@H](c3nc4ccccc4n3[C@H](C)c3ccccc3)CC2=O)cc1. The van der Waals surface area contributed by atoms with Crippen molar-refractivity contribution in [1.29, 1.82) is 0 Å². The van der Waals surface area contributed by atoms with Gasteiger partial charge < -0.3 is 9.47 Å². The van der Waals surface area contributed by atoms with Crippen LogP contribution in [0.2, 0.25) is 0 Å². The summed E-state index contributed by atoms with van der Waals surface area (Å²) in [7, 11) is 0. The molecule has 0 aliphatic carbocycles. The maximum absolute atomic E-state index is 12.9. The van der Waals surface area contributed by atoms with Gasteiger partial charge in [-0.3, -0.25) is 4.79 Å². The highest BCUT2D eigenvalue weighted by Gasteiger charge is 2.35. The van der Waals surface area contributed by atoms with Crippen LogP contribution >= 0.6 is 0 Å². The molecule has 1 saturated heterocycles. The van der Waals surface area contributed by atoms with Crippen molar-refractivity contribution in [3.63, 3.8) is 0 Å². The molecule has 0 bridgehead atoms. The van der Waals surface area contributed by atoms with E-state index in [-0.39, 0.29) is 17.9 Å². The van der Waals surface area contributed by atoms with Crippen LogP contribution in [0.25, 0.3) is 11.0 Å². The van der Waals surface area contributed by atoms with E-state index < -0.39 is 0 Å². The third kappa shape index (κ3) is 3.18. The summed E-state index contributed by atoms with van der Waals surface area (Å²) in [6.07, 6.45) is 0.485. The van der Waals surface area contributed by atoms with Gasteiger partial charge in [-0.25, -0.2) is 4.98 Å². The number of aryl methyl sites for hydroxylation is 1. The van der Waals surface area contributed by atoms with Crippen LogP contribution in [0.15, 0.2) is 78.9 Å². The highest BCUT2D eigenvalue weighted by molar-refractivity contribution is 5.96. The molecule has 0 radical (unpaired) electrons. The lowest BCUT2D eigenvalue weighted by atomic mass is 10.0. The minimum Gasteiger partial charge on any atom is -0.320 e. The Balaban J connectivity index is 1.56. The number of nitrogens with zero attached hydrogens (tertiary/aromatic N) is 3. The fraction of sp³-hybridized carbons (Fsp3) is 0.231. The van der Waals surface area contributed by atoms with Gasteiger partial charge in [-0.2, -0.15) is 0 Å². The second-order valence-electron chi connectivity index (χ2n) is 8.16. The summed E-state index contributed by atoms with van der Waals surface area (Å²) < 4.78 is 2.32. The lowest BCUT2D eigenvalue weighted by molar-refractivity contribution is -0.117. The topological polar surface area (TPSA) is 38.1 Å². The molecule has 2 atom stereocenters. The van der Waals surface area contributed by atoms with Gasteiger partial charge in [0.05, 0.1) is 17.1 Å². The molecule has 2 heterocycles. The normalized spacial score (nSPS) is 17.6. The molecule has 1 aromatic heterocycles. The average Bonchev–Trinajstić information content (AvgIpc) is 3.35. The maximum Gasteiger partial charge on any atom is 0.227 e. The molecule has 0 saturated carbocycles. The van der Waals surface area contributed by atoms with Gasteiger partial charge in [0.2, 0.25) is 5.91 Å². The Kier molecular flexibility index (Phi) is 4.62. The average molecular weight is 396 g/mol. The third-order valence-corrected chi connectivity index (χ3v) is 6.13. The smallest absolute Gasteiger partial charge is 0.227 e.